The minimum absolute atomic E-state index is 0.223. The monoisotopic (exact) mass is 432 g/mol. The van der Waals surface area contributed by atoms with Crippen molar-refractivity contribution in [3.63, 3.8) is 0 Å². The smallest absolute Gasteiger partial charge is 0.416 e. The van der Waals surface area contributed by atoms with Crippen molar-refractivity contribution in [2.75, 3.05) is 13.6 Å². The highest BCUT2D eigenvalue weighted by atomic mass is 35.5. The van der Waals surface area contributed by atoms with Crippen molar-refractivity contribution >= 4 is 23.5 Å². The van der Waals surface area contributed by atoms with Gasteiger partial charge in [-0.3, -0.25) is 0 Å². The molecular formula is C19H20ClF3N2O4. The van der Waals surface area contributed by atoms with E-state index in [1.807, 2.05) is 6.07 Å². The zero-order valence-corrected chi connectivity index (χ0v) is 16.1. The molecule has 2 aromatic rings. The molecule has 2 rings (SSSR count). The van der Waals surface area contributed by atoms with Crippen LogP contribution in [0.15, 0.2) is 48.5 Å². The van der Waals surface area contributed by atoms with Gasteiger partial charge in [-0.1, -0.05) is 41.9 Å². The molecule has 0 spiro atoms. The lowest BCUT2D eigenvalue weighted by Crippen LogP contribution is -2.41. The van der Waals surface area contributed by atoms with E-state index in [-0.39, 0.29) is 10.6 Å². The van der Waals surface area contributed by atoms with E-state index in [0.717, 1.165) is 17.7 Å². The molecule has 0 saturated heterocycles. The van der Waals surface area contributed by atoms with Gasteiger partial charge in [-0.05, 0) is 49.3 Å². The number of carboxylic acids is 2. The summed E-state index contributed by atoms with van der Waals surface area (Å²) >= 11 is 6.19. The fourth-order valence-corrected chi connectivity index (χ4v) is 2.82. The largest absolute Gasteiger partial charge is 0.473 e. The fraction of sp³-hybridized carbons (Fsp3) is 0.263. The van der Waals surface area contributed by atoms with Crippen LogP contribution < -0.4 is 11.1 Å². The molecule has 5 N–H and O–H groups in total. The second-order valence-corrected chi connectivity index (χ2v) is 6.40. The number of rotatable bonds is 5. The van der Waals surface area contributed by atoms with Crippen LogP contribution in [0.5, 0.6) is 0 Å². The molecule has 10 heteroatoms. The van der Waals surface area contributed by atoms with E-state index in [1.54, 1.807) is 31.3 Å². The Morgan fingerprint density at radius 2 is 1.59 bits per heavy atom. The second kappa shape index (κ2) is 10.2. The quantitative estimate of drug-likeness (QED) is 0.539. The SMILES string of the molecule is CNCCC(N)(c1ccccc1)c1cc(C(F)(F)F)ccc1Cl.O=C(O)C(=O)O. The normalized spacial score (nSPS) is 13.0. The molecule has 2 aromatic carbocycles. The fourth-order valence-electron chi connectivity index (χ4n) is 2.54. The third-order valence-electron chi connectivity index (χ3n) is 4.02. The minimum atomic E-state index is -4.44. The molecule has 0 radical (unpaired) electrons. The summed E-state index contributed by atoms with van der Waals surface area (Å²) in [4.78, 5) is 18.2. The van der Waals surface area contributed by atoms with Crippen LogP contribution in [0.3, 0.4) is 0 Å². The van der Waals surface area contributed by atoms with Gasteiger partial charge in [-0.15, -0.1) is 0 Å². The van der Waals surface area contributed by atoms with Crippen LogP contribution in [-0.2, 0) is 21.3 Å². The average molecular weight is 433 g/mol. The predicted molar refractivity (Wildman–Crippen MR) is 102 cm³/mol. The van der Waals surface area contributed by atoms with Crippen molar-refractivity contribution in [3.05, 3.63) is 70.2 Å². The van der Waals surface area contributed by atoms with Gasteiger partial charge in [0.15, 0.2) is 0 Å². The van der Waals surface area contributed by atoms with Crippen LogP contribution in [0.2, 0.25) is 5.02 Å². The van der Waals surface area contributed by atoms with Crippen molar-refractivity contribution in [1.29, 1.82) is 0 Å². The molecule has 0 bridgehead atoms. The summed E-state index contributed by atoms with van der Waals surface area (Å²) in [6.07, 6.45) is -4.03. The Bertz CT molecular complexity index is 835. The highest BCUT2D eigenvalue weighted by molar-refractivity contribution is 6.31. The van der Waals surface area contributed by atoms with Gasteiger partial charge >= 0.3 is 18.1 Å². The maximum absolute atomic E-state index is 13.0. The standard InChI is InChI=1S/C17H18ClF3N2.C2H2O4/c1-23-10-9-16(22,12-5-3-2-4-6-12)14-11-13(17(19,20)21)7-8-15(14)18;3-1(4)2(5)6/h2-8,11,23H,9-10,22H2,1H3;(H,3,4)(H,5,6). The molecule has 0 aliphatic rings. The summed E-state index contributed by atoms with van der Waals surface area (Å²) in [5.41, 5.74) is 5.67. The first-order valence-electron chi connectivity index (χ1n) is 8.26. The summed E-state index contributed by atoms with van der Waals surface area (Å²) in [7, 11) is 1.76. The molecule has 0 amide bonds. The maximum Gasteiger partial charge on any atom is 0.416 e. The Labute approximate surface area is 170 Å². The van der Waals surface area contributed by atoms with Crippen LogP contribution in [0.1, 0.15) is 23.1 Å². The Morgan fingerprint density at radius 3 is 2.03 bits per heavy atom. The number of benzene rings is 2. The number of alkyl halides is 3. The van der Waals surface area contributed by atoms with Crippen molar-refractivity contribution in [2.24, 2.45) is 5.73 Å². The minimum Gasteiger partial charge on any atom is -0.473 e. The number of hydrogen-bond acceptors (Lipinski definition) is 4. The molecular weight excluding hydrogens is 413 g/mol. The Kier molecular flexibility index (Phi) is 8.62. The highest BCUT2D eigenvalue weighted by Gasteiger charge is 2.36. The molecule has 1 atom stereocenters. The lowest BCUT2D eigenvalue weighted by Gasteiger charge is -2.32. The third-order valence-corrected chi connectivity index (χ3v) is 4.35. The van der Waals surface area contributed by atoms with Gasteiger partial charge in [0, 0.05) is 5.02 Å². The van der Waals surface area contributed by atoms with Crippen LogP contribution in [0.4, 0.5) is 13.2 Å². The molecule has 0 saturated carbocycles. The molecule has 0 aliphatic heterocycles. The molecule has 6 nitrogen and oxygen atoms in total. The lowest BCUT2D eigenvalue weighted by atomic mass is 9.80. The van der Waals surface area contributed by atoms with Gasteiger partial charge in [-0.2, -0.15) is 13.2 Å². The van der Waals surface area contributed by atoms with E-state index < -0.39 is 29.2 Å². The summed E-state index contributed by atoms with van der Waals surface area (Å²) in [6.45, 7) is 0.540. The molecule has 158 valence electrons. The third kappa shape index (κ3) is 6.74. The molecule has 0 heterocycles. The first kappa shape index (κ1) is 24.4. The van der Waals surface area contributed by atoms with Gasteiger partial charge in [0.2, 0.25) is 0 Å². The van der Waals surface area contributed by atoms with Crippen LogP contribution in [0, 0.1) is 0 Å². The summed E-state index contributed by atoms with van der Waals surface area (Å²) in [5.74, 6) is -3.65. The van der Waals surface area contributed by atoms with Crippen LogP contribution in [-0.4, -0.2) is 35.7 Å². The van der Waals surface area contributed by atoms with Crippen molar-refractivity contribution in [2.45, 2.75) is 18.1 Å². The number of hydrogen-bond donors (Lipinski definition) is 4. The highest BCUT2D eigenvalue weighted by Crippen LogP contribution is 2.39. The lowest BCUT2D eigenvalue weighted by molar-refractivity contribution is -0.159. The number of nitrogens with one attached hydrogen (secondary N) is 1. The summed E-state index contributed by atoms with van der Waals surface area (Å²) in [5, 5.41) is 18.0. The second-order valence-electron chi connectivity index (χ2n) is 5.99. The molecule has 0 fully saturated rings. The van der Waals surface area contributed by atoms with E-state index in [4.69, 9.17) is 37.1 Å². The Balaban J connectivity index is 0.000000612. The van der Waals surface area contributed by atoms with Gasteiger partial charge in [0.05, 0.1) is 11.1 Å². The maximum atomic E-state index is 13.0. The van der Waals surface area contributed by atoms with Gasteiger partial charge < -0.3 is 21.3 Å². The molecule has 29 heavy (non-hydrogen) atoms. The van der Waals surface area contributed by atoms with E-state index in [0.29, 0.717) is 13.0 Å². The number of aliphatic carboxylic acids is 2. The van der Waals surface area contributed by atoms with E-state index >= 15 is 0 Å². The Morgan fingerprint density at radius 1 is 1.03 bits per heavy atom. The van der Waals surface area contributed by atoms with E-state index in [1.165, 1.54) is 6.07 Å². The van der Waals surface area contributed by atoms with Crippen molar-refractivity contribution in [1.82, 2.24) is 5.32 Å². The topological polar surface area (TPSA) is 113 Å². The average Bonchev–Trinajstić information content (AvgIpc) is 2.66. The number of halogens is 4. The van der Waals surface area contributed by atoms with Gasteiger partial charge in [-0.25, -0.2) is 9.59 Å². The number of carboxylic acid groups (broad SMARTS) is 2. The van der Waals surface area contributed by atoms with Crippen molar-refractivity contribution in [3.8, 4) is 0 Å². The first-order chi connectivity index (χ1) is 13.4. The van der Waals surface area contributed by atoms with Crippen LogP contribution in [0.25, 0.3) is 0 Å². The van der Waals surface area contributed by atoms with E-state index in [2.05, 4.69) is 5.32 Å². The number of nitrogens with two attached hydrogens (primary N) is 1. The molecule has 0 aromatic heterocycles. The van der Waals surface area contributed by atoms with Crippen molar-refractivity contribution < 1.29 is 33.0 Å². The first-order valence-corrected chi connectivity index (χ1v) is 8.63. The zero-order valence-electron chi connectivity index (χ0n) is 15.3. The molecule has 0 aliphatic carbocycles. The predicted octanol–water partition coefficient (Wildman–Crippen LogP) is 3.33. The summed E-state index contributed by atoms with van der Waals surface area (Å²) < 4.78 is 39.1. The van der Waals surface area contributed by atoms with Gasteiger partial charge in [0.1, 0.15) is 0 Å². The summed E-state index contributed by atoms with van der Waals surface area (Å²) in [6, 6.07) is 12.3. The van der Waals surface area contributed by atoms with Crippen LogP contribution >= 0.6 is 11.6 Å². The zero-order chi connectivity index (χ0) is 22.2. The van der Waals surface area contributed by atoms with E-state index in [9.17, 15) is 13.2 Å². The van der Waals surface area contributed by atoms with Gasteiger partial charge in [0.25, 0.3) is 0 Å². The Hall–Kier alpha value is -2.62. The number of carbonyl (C=O) groups is 2. The molecule has 1 unspecified atom stereocenters.